The van der Waals surface area contributed by atoms with Crippen molar-refractivity contribution < 1.29 is 4.84 Å². The molecule has 2 heterocycles. The van der Waals surface area contributed by atoms with Gasteiger partial charge in [-0.1, -0.05) is 35.5 Å². The lowest BCUT2D eigenvalue weighted by Gasteiger charge is -2.12. The third-order valence-corrected chi connectivity index (χ3v) is 3.39. The normalized spacial score (nSPS) is 29.9. The second kappa shape index (κ2) is 4.26. The molecule has 2 aliphatic heterocycles. The van der Waals surface area contributed by atoms with Crippen LogP contribution < -0.4 is 0 Å². The molecule has 2 bridgehead atoms. The van der Waals surface area contributed by atoms with E-state index in [4.69, 9.17) is 4.84 Å². The fraction of sp³-hybridized carbons (Fsp3) is 0.462. The van der Waals surface area contributed by atoms with Crippen LogP contribution in [-0.4, -0.2) is 30.2 Å². The number of benzene rings is 1. The lowest BCUT2D eigenvalue weighted by Crippen LogP contribution is -2.23. The van der Waals surface area contributed by atoms with Gasteiger partial charge in [-0.2, -0.15) is 0 Å². The van der Waals surface area contributed by atoms with Gasteiger partial charge in [0.15, 0.2) is 0 Å². The summed E-state index contributed by atoms with van der Waals surface area (Å²) in [5.74, 6) is 0.663. The molecule has 0 aromatic heterocycles. The van der Waals surface area contributed by atoms with E-state index in [0.29, 0.717) is 12.5 Å². The SMILES string of the molecule is c1ccc(CON=C2CN3CCC2C3)cc1. The summed E-state index contributed by atoms with van der Waals surface area (Å²) in [7, 11) is 0. The van der Waals surface area contributed by atoms with Crippen LogP contribution in [0.25, 0.3) is 0 Å². The highest BCUT2D eigenvalue weighted by atomic mass is 16.6. The molecule has 2 fully saturated rings. The Morgan fingerprint density at radius 1 is 1.31 bits per heavy atom. The first-order valence-electron chi connectivity index (χ1n) is 5.87. The van der Waals surface area contributed by atoms with Crippen LogP contribution in [0, 0.1) is 5.92 Å². The fourth-order valence-electron chi connectivity index (χ4n) is 2.47. The van der Waals surface area contributed by atoms with Gasteiger partial charge in [-0.25, -0.2) is 0 Å². The summed E-state index contributed by atoms with van der Waals surface area (Å²) in [6, 6.07) is 10.2. The zero-order valence-electron chi connectivity index (χ0n) is 9.30. The summed E-state index contributed by atoms with van der Waals surface area (Å²) < 4.78 is 0. The van der Waals surface area contributed by atoms with Gasteiger partial charge in [0.05, 0.1) is 5.71 Å². The first-order chi connectivity index (χ1) is 7.92. The van der Waals surface area contributed by atoms with Gasteiger partial charge < -0.3 is 4.84 Å². The molecule has 0 radical (unpaired) electrons. The fourth-order valence-corrected chi connectivity index (χ4v) is 2.47. The summed E-state index contributed by atoms with van der Waals surface area (Å²) in [5, 5.41) is 4.28. The lowest BCUT2D eigenvalue weighted by atomic mass is 10.0. The number of rotatable bonds is 3. The Hall–Kier alpha value is -1.35. The zero-order chi connectivity index (χ0) is 10.8. The molecule has 84 valence electrons. The van der Waals surface area contributed by atoms with Crippen molar-refractivity contribution in [2.75, 3.05) is 19.6 Å². The number of oxime groups is 1. The summed E-state index contributed by atoms with van der Waals surface area (Å²) in [4.78, 5) is 7.86. The first kappa shape index (κ1) is 9.85. The van der Waals surface area contributed by atoms with Gasteiger partial charge in [0.25, 0.3) is 0 Å². The van der Waals surface area contributed by atoms with E-state index in [-0.39, 0.29) is 0 Å². The van der Waals surface area contributed by atoms with Gasteiger partial charge in [0.1, 0.15) is 6.61 Å². The molecule has 3 heteroatoms. The molecule has 3 rings (SSSR count). The van der Waals surface area contributed by atoms with Crippen molar-refractivity contribution in [3.8, 4) is 0 Å². The van der Waals surface area contributed by atoms with E-state index in [9.17, 15) is 0 Å². The van der Waals surface area contributed by atoms with Crippen LogP contribution in [-0.2, 0) is 11.4 Å². The lowest BCUT2D eigenvalue weighted by molar-refractivity contribution is 0.128. The minimum absolute atomic E-state index is 0.580. The maximum Gasteiger partial charge on any atom is 0.142 e. The molecular weight excluding hydrogens is 200 g/mol. The van der Waals surface area contributed by atoms with E-state index < -0.39 is 0 Å². The van der Waals surface area contributed by atoms with Crippen molar-refractivity contribution >= 4 is 5.71 Å². The maximum atomic E-state index is 5.42. The molecule has 1 aromatic rings. The summed E-state index contributed by atoms with van der Waals surface area (Å²) in [6.45, 7) is 4.02. The molecule has 2 aliphatic rings. The maximum absolute atomic E-state index is 5.42. The third kappa shape index (κ3) is 1.95. The molecule has 1 aromatic carbocycles. The van der Waals surface area contributed by atoms with Crippen LogP contribution in [0.3, 0.4) is 0 Å². The van der Waals surface area contributed by atoms with E-state index in [0.717, 1.165) is 6.54 Å². The molecule has 0 N–H and O–H groups in total. The van der Waals surface area contributed by atoms with Crippen LogP contribution in [0.2, 0.25) is 0 Å². The molecular formula is C13H16N2O. The van der Waals surface area contributed by atoms with Crippen molar-refractivity contribution in [1.82, 2.24) is 4.90 Å². The molecule has 2 unspecified atom stereocenters. The van der Waals surface area contributed by atoms with Crippen LogP contribution in [0.5, 0.6) is 0 Å². The van der Waals surface area contributed by atoms with Gasteiger partial charge in [0, 0.05) is 19.0 Å². The number of fused-ring (bicyclic) bond motifs is 2. The highest BCUT2D eigenvalue weighted by Gasteiger charge is 2.35. The highest BCUT2D eigenvalue weighted by molar-refractivity contribution is 5.91. The van der Waals surface area contributed by atoms with Crippen molar-refractivity contribution in [2.24, 2.45) is 11.1 Å². The van der Waals surface area contributed by atoms with Crippen LogP contribution in [0.1, 0.15) is 12.0 Å². The standard InChI is InChI=1S/C13H16N2O/c1-2-4-11(5-3-1)10-16-14-13-9-15-7-6-12(13)8-15/h1-5,12H,6-10H2. The number of hydrogen-bond acceptors (Lipinski definition) is 3. The minimum Gasteiger partial charge on any atom is -0.391 e. The minimum atomic E-state index is 0.580. The van der Waals surface area contributed by atoms with Gasteiger partial charge in [-0.05, 0) is 18.5 Å². The molecule has 0 spiro atoms. The second-order valence-electron chi connectivity index (χ2n) is 4.56. The smallest absolute Gasteiger partial charge is 0.142 e. The number of hydrogen-bond donors (Lipinski definition) is 0. The van der Waals surface area contributed by atoms with Crippen molar-refractivity contribution in [3.63, 3.8) is 0 Å². The van der Waals surface area contributed by atoms with Crippen molar-refractivity contribution in [3.05, 3.63) is 35.9 Å². The van der Waals surface area contributed by atoms with Crippen LogP contribution in [0.15, 0.2) is 35.5 Å². The molecule has 2 atom stereocenters. The molecule has 0 amide bonds. The molecule has 0 saturated carbocycles. The van der Waals surface area contributed by atoms with E-state index >= 15 is 0 Å². The molecule has 16 heavy (non-hydrogen) atoms. The molecule has 3 nitrogen and oxygen atoms in total. The number of piperidine rings is 1. The Kier molecular flexibility index (Phi) is 2.62. The van der Waals surface area contributed by atoms with E-state index in [1.807, 2.05) is 18.2 Å². The Balaban J connectivity index is 1.55. The largest absolute Gasteiger partial charge is 0.391 e. The summed E-state index contributed by atoms with van der Waals surface area (Å²) >= 11 is 0. The second-order valence-corrected chi connectivity index (χ2v) is 4.56. The van der Waals surface area contributed by atoms with Gasteiger partial charge >= 0.3 is 0 Å². The summed E-state index contributed by atoms with van der Waals surface area (Å²) in [5.41, 5.74) is 2.41. The quantitative estimate of drug-likeness (QED) is 0.721. The predicted molar refractivity (Wildman–Crippen MR) is 63.2 cm³/mol. The average molecular weight is 216 g/mol. The average Bonchev–Trinajstić information content (AvgIpc) is 2.92. The monoisotopic (exact) mass is 216 g/mol. The van der Waals surface area contributed by atoms with E-state index in [1.165, 1.54) is 30.8 Å². The number of nitrogens with zero attached hydrogens (tertiary/aromatic N) is 2. The summed E-state index contributed by atoms with van der Waals surface area (Å²) in [6.07, 6.45) is 1.26. The predicted octanol–water partition coefficient (Wildman–Crippen LogP) is 1.89. The Morgan fingerprint density at radius 2 is 2.19 bits per heavy atom. The highest BCUT2D eigenvalue weighted by Crippen LogP contribution is 2.25. The van der Waals surface area contributed by atoms with E-state index in [2.05, 4.69) is 22.2 Å². The first-order valence-corrected chi connectivity index (χ1v) is 5.87. The molecule has 0 aliphatic carbocycles. The van der Waals surface area contributed by atoms with Crippen LogP contribution >= 0.6 is 0 Å². The molecule has 2 saturated heterocycles. The zero-order valence-corrected chi connectivity index (χ0v) is 9.30. The Bertz CT molecular complexity index is 388. The topological polar surface area (TPSA) is 24.8 Å². The van der Waals surface area contributed by atoms with Crippen LogP contribution in [0.4, 0.5) is 0 Å². The third-order valence-electron chi connectivity index (χ3n) is 3.39. The van der Waals surface area contributed by atoms with Gasteiger partial charge in [-0.3, -0.25) is 4.90 Å². The Morgan fingerprint density at radius 3 is 2.88 bits per heavy atom. The van der Waals surface area contributed by atoms with E-state index in [1.54, 1.807) is 0 Å². The van der Waals surface area contributed by atoms with Gasteiger partial charge in [0.2, 0.25) is 0 Å². The van der Waals surface area contributed by atoms with Gasteiger partial charge in [-0.15, -0.1) is 0 Å². The van der Waals surface area contributed by atoms with Crippen molar-refractivity contribution in [1.29, 1.82) is 0 Å². The van der Waals surface area contributed by atoms with Crippen molar-refractivity contribution in [2.45, 2.75) is 13.0 Å². The Labute approximate surface area is 95.7 Å².